The molecule has 0 spiro atoms. The first-order chi connectivity index (χ1) is 14.9. The lowest BCUT2D eigenvalue weighted by molar-refractivity contribution is 0.0977. The van der Waals surface area contributed by atoms with E-state index >= 15 is 0 Å². The summed E-state index contributed by atoms with van der Waals surface area (Å²) in [6.07, 6.45) is 0. The third-order valence-electron chi connectivity index (χ3n) is 5.12. The fourth-order valence-electron chi connectivity index (χ4n) is 3.23. The van der Waals surface area contributed by atoms with Crippen molar-refractivity contribution in [3.8, 4) is 5.75 Å². The van der Waals surface area contributed by atoms with E-state index in [0.29, 0.717) is 23.8 Å². The normalized spacial score (nSPS) is 11.3. The van der Waals surface area contributed by atoms with E-state index in [1.165, 1.54) is 0 Å². The van der Waals surface area contributed by atoms with Crippen molar-refractivity contribution in [1.82, 2.24) is 15.1 Å². The predicted molar refractivity (Wildman–Crippen MR) is 124 cm³/mol. The lowest BCUT2D eigenvalue weighted by Crippen LogP contribution is -2.36. The van der Waals surface area contributed by atoms with Crippen LogP contribution in [0.25, 0.3) is 0 Å². The molecular weight excluding hydrogens is 390 g/mol. The van der Waals surface area contributed by atoms with Gasteiger partial charge < -0.3 is 10.1 Å². The molecule has 0 fully saturated rings. The lowest BCUT2D eigenvalue weighted by Gasteiger charge is -2.12. The number of nitrogens with one attached hydrogen (secondary N) is 2. The van der Waals surface area contributed by atoms with Gasteiger partial charge in [0.05, 0.1) is 19.3 Å². The summed E-state index contributed by atoms with van der Waals surface area (Å²) >= 11 is 0. The highest BCUT2D eigenvalue weighted by Gasteiger charge is 2.13. The molecule has 2 N–H and O–H groups in total. The van der Waals surface area contributed by atoms with Crippen LogP contribution >= 0.6 is 0 Å². The molecule has 162 valence electrons. The van der Waals surface area contributed by atoms with Gasteiger partial charge in [-0.1, -0.05) is 17.7 Å². The first-order valence-corrected chi connectivity index (χ1v) is 10.3. The fourth-order valence-corrected chi connectivity index (χ4v) is 3.23. The maximum absolute atomic E-state index is 12.8. The Hall–Kier alpha value is -3.61. The van der Waals surface area contributed by atoms with Crippen LogP contribution in [0.15, 0.2) is 53.5 Å². The van der Waals surface area contributed by atoms with Gasteiger partial charge in [-0.15, -0.1) is 0 Å². The number of aliphatic imine (C=N–C) groups is 1. The second-order valence-corrected chi connectivity index (χ2v) is 7.30. The Bertz CT molecular complexity index is 1070. The van der Waals surface area contributed by atoms with Gasteiger partial charge in [-0.2, -0.15) is 5.10 Å². The van der Waals surface area contributed by atoms with Gasteiger partial charge in [0.2, 0.25) is 5.96 Å². The molecule has 0 radical (unpaired) electrons. The Labute approximate surface area is 183 Å². The molecule has 1 heterocycles. The number of benzene rings is 2. The van der Waals surface area contributed by atoms with Crippen LogP contribution in [0.4, 0.5) is 5.69 Å². The molecule has 0 saturated carbocycles. The number of carbonyl (C=O) groups excluding carboxylic acids is 1. The number of amides is 1. The van der Waals surface area contributed by atoms with Gasteiger partial charge in [0.15, 0.2) is 0 Å². The number of anilines is 1. The van der Waals surface area contributed by atoms with Crippen molar-refractivity contribution in [3.63, 3.8) is 0 Å². The average Bonchev–Trinajstić information content (AvgIpc) is 3.06. The van der Waals surface area contributed by atoms with Crippen molar-refractivity contribution < 1.29 is 9.53 Å². The zero-order chi connectivity index (χ0) is 22.4. The highest BCUT2D eigenvalue weighted by Crippen LogP contribution is 2.15. The van der Waals surface area contributed by atoms with Crippen molar-refractivity contribution in [2.24, 2.45) is 4.99 Å². The minimum atomic E-state index is -0.251. The first kappa shape index (κ1) is 22.1. The van der Waals surface area contributed by atoms with Crippen LogP contribution < -0.4 is 15.4 Å². The Kier molecular flexibility index (Phi) is 7.07. The molecule has 0 aliphatic rings. The van der Waals surface area contributed by atoms with Gasteiger partial charge in [0, 0.05) is 29.1 Å². The first-order valence-electron chi connectivity index (χ1n) is 10.3. The molecule has 0 unspecified atom stereocenters. The molecule has 0 bridgehead atoms. The number of ether oxygens (including phenoxy) is 1. The van der Waals surface area contributed by atoms with Gasteiger partial charge in [-0.3, -0.25) is 14.8 Å². The average molecular weight is 420 g/mol. The summed E-state index contributed by atoms with van der Waals surface area (Å²) in [5.41, 5.74) is 5.61. The van der Waals surface area contributed by atoms with Crippen LogP contribution in [0.5, 0.6) is 5.75 Å². The molecule has 0 saturated heterocycles. The number of aryl methyl sites for hydroxylation is 3. The molecule has 0 aliphatic carbocycles. The molecule has 3 rings (SSSR count). The monoisotopic (exact) mass is 419 g/mol. The maximum atomic E-state index is 12.8. The summed E-state index contributed by atoms with van der Waals surface area (Å²) in [5, 5.41) is 10.7. The number of hydrogen-bond donors (Lipinski definition) is 2. The zero-order valence-electron chi connectivity index (χ0n) is 18.7. The summed E-state index contributed by atoms with van der Waals surface area (Å²) in [4.78, 5) is 17.5. The summed E-state index contributed by atoms with van der Waals surface area (Å²) in [6.45, 7) is 9.32. The minimum absolute atomic E-state index is 0.251. The quantitative estimate of drug-likeness (QED) is 0.463. The third-order valence-corrected chi connectivity index (χ3v) is 5.12. The lowest BCUT2D eigenvalue weighted by atomic mass is 10.2. The van der Waals surface area contributed by atoms with E-state index in [2.05, 4.69) is 27.6 Å². The fraction of sp³-hybridized carbons (Fsp3) is 0.292. The topological polar surface area (TPSA) is 80.5 Å². The number of hydrogen-bond acceptors (Lipinski definition) is 4. The van der Waals surface area contributed by atoms with Crippen LogP contribution in [0, 0.1) is 20.8 Å². The third kappa shape index (κ3) is 5.51. The summed E-state index contributed by atoms with van der Waals surface area (Å²) < 4.78 is 7.13. The Morgan fingerprint density at radius 3 is 2.32 bits per heavy atom. The number of rotatable bonds is 6. The van der Waals surface area contributed by atoms with Gasteiger partial charge >= 0.3 is 0 Å². The Morgan fingerprint density at radius 1 is 1.06 bits per heavy atom. The Balaban J connectivity index is 1.84. The van der Waals surface area contributed by atoms with Gasteiger partial charge in [0.25, 0.3) is 5.91 Å². The van der Waals surface area contributed by atoms with E-state index in [1.54, 1.807) is 31.4 Å². The van der Waals surface area contributed by atoms with Gasteiger partial charge in [0.1, 0.15) is 5.75 Å². The number of methoxy groups -OCH3 is 1. The zero-order valence-corrected chi connectivity index (χ0v) is 18.7. The summed E-state index contributed by atoms with van der Waals surface area (Å²) in [7, 11) is 1.59. The van der Waals surface area contributed by atoms with E-state index < -0.39 is 0 Å². The standard InChI is InChI=1S/C24H29N5O2/c1-6-29-18(4)22(17(3)28-29)15-25-24(26-20-11-7-16(2)8-12-20)27-23(30)19-9-13-21(31-5)14-10-19/h7-14H,6,15H2,1-5H3,(H2,25,26,27,30). The van der Waals surface area contributed by atoms with Crippen molar-refractivity contribution >= 4 is 17.6 Å². The molecule has 7 heteroatoms. The Morgan fingerprint density at radius 2 is 1.74 bits per heavy atom. The van der Waals surface area contributed by atoms with E-state index in [4.69, 9.17) is 4.74 Å². The summed E-state index contributed by atoms with van der Waals surface area (Å²) in [6, 6.07) is 14.9. The highest BCUT2D eigenvalue weighted by atomic mass is 16.5. The molecule has 3 aromatic rings. The molecule has 1 amide bonds. The second-order valence-electron chi connectivity index (χ2n) is 7.30. The predicted octanol–water partition coefficient (Wildman–Crippen LogP) is 4.23. The molecule has 0 atom stereocenters. The molecular formula is C24H29N5O2. The second kappa shape index (κ2) is 9.93. The number of aromatic nitrogens is 2. The maximum Gasteiger partial charge on any atom is 0.257 e. The van der Waals surface area contributed by atoms with Crippen molar-refractivity contribution in [2.75, 3.05) is 12.4 Å². The molecule has 7 nitrogen and oxygen atoms in total. The van der Waals surface area contributed by atoms with Crippen LogP contribution in [0.3, 0.4) is 0 Å². The smallest absolute Gasteiger partial charge is 0.257 e. The van der Waals surface area contributed by atoms with Gasteiger partial charge in [-0.05, 0) is 64.1 Å². The van der Waals surface area contributed by atoms with E-state index in [0.717, 1.165) is 34.7 Å². The summed E-state index contributed by atoms with van der Waals surface area (Å²) in [5.74, 6) is 0.827. The molecule has 0 aliphatic heterocycles. The largest absolute Gasteiger partial charge is 0.497 e. The number of nitrogens with zero attached hydrogens (tertiary/aromatic N) is 3. The molecule has 31 heavy (non-hydrogen) atoms. The van der Waals surface area contributed by atoms with Gasteiger partial charge in [-0.25, -0.2) is 4.99 Å². The SMILES string of the molecule is CCn1nc(C)c(CN=C(NC(=O)c2ccc(OC)cc2)Nc2ccc(C)cc2)c1C. The highest BCUT2D eigenvalue weighted by molar-refractivity contribution is 6.10. The van der Waals surface area contributed by atoms with E-state index in [9.17, 15) is 4.79 Å². The van der Waals surface area contributed by atoms with Crippen LogP contribution in [-0.4, -0.2) is 28.8 Å². The van der Waals surface area contributed by atoms with Crippen LogP contribution in [0.2, 0.25) is 0 Å². The molecule has 1 aromatic heterocycles. The van der Waals surface area contributed by atoms with Crippen molar-refractivity contribution in [1.29, 1.82) is 0 Å². The van der Waals surface area contributed by atoms with Crippen LogP contribution in [-0.2, 0) is 13.1 Å². The molecule has 2 aromatic carbocycles. The number of guanidine groups is 1. The minimum Gasteiger partial charge on any atom is -0.497 e. The van der Waals surface area contributed by atoms with Crippen LogP contribution in [0.1, 0.15) is 39.8 Å². The van der Waals surface area contributed by atoms with E-state index in [1.807, 2.05) is 49.7 Å². The number of carbonyl (C=O) groups is 1. The van der Waals surface area contributed by atoms with Crippen molar-refractivity contribution in [2.45, 2.75) is 40.8 Å². The van der Waals surface area contributed by atoms with Crippen molar-refractivity contribution in [3.05, 3.63) is 76.6 Å². The van der Waals surface area contributed by atoms with E-state index in [-0.39, 0.29) is 5.91 Å².